The molecule has 0 bridgehead atoms. The minimum atomic E-state index is -0.422. The molecule has 0 heterocycles. The van der Waals surface area contributed by atoms with Crippen molar-refractivity contribution in [2.75, 3.05) is 19.8 Å². The van der Waals surface area contributed by atoms with E-state index in [0.717, 1.165) is 13.0 Å². The third-order valence-electron chi connectivity index (χ3n) is 4.00. The van der Waals surface area contributed by atoms with Crippen LogP contribution in [0.5, 0.6) is 0 Å². The summed E-state index contributed by atoms with van der Waals surface area (Å²) in [5.41, 5.74) is 8.09. The first-order chi connectivity index (χ1) is 9.50. The molecule has 1 aromatic carbocycles. The predicted molar refractivity (Wildman–Crippen MR) is 79.5 cm³/mol. The number of rotatable bonds is 6. The summed E-state index contributed by atoms with van der Waals surface area (Å²) < 4.78 is 5.18. The molecular weight excluding hydrogens is 252 g/mol. The number of hydrogen-bond donors (Lipinski definition) is 2. The van der Waals surface area contributed by atoms with Crippen LogP contribution in [-0.2, 0) is 14.9 Å². The fourth-order valence-corrected chi connectivity index (χ4v) is 2.90. The lowest BCUT2D eigenvalue weighted by Gasteiger charge is -2.37. The minimum absolute atomic E-state index is 0.00400. The predicted octanol–water partition coefficient (Wildman–Crippen LogP) is 1.89. The number of ether oxygens (including phenoxy) is 1. The molecule has 2 rings (SSSR count). The van der Waals surface area contributed by atoms with E-state index in [-0.39, 0.29) is 12.0 Å². The Morgan fingerprint density at radius 1 is 1.45 bits per heavy atom. The molecule has 1 amide bonds. The Morgan fingerprint density at radius 2 is 2.20 bits per heavy atom. The zero-order chi connectivity index (χ0) is 14.6. The zero-order valence-corrected chi connectivity index (χ0v) is 12.3. The first-order valence-corrected chi connectivity index (χ1v) is 7.19. The van der Waals surface area contributed by atoms with Gasteiger partial charge in [-0.25, -0.2) is 0 Å². The first-order valence-electron chi connectivity index (χ1n) is 7.19. The number of fused-ring (bicyclic) bond motifs is 1. The third-order valence-corrected chi connectivity index (χ3v) is 4.00. The molecule has 3 N–H and O–H groups in total. The Kier molecular flexibility index (Phi) is 4.78. The van der Waals surface area contributed by atoms with Gasteiger partial charge in [0.05, 0.1) is 6.61 Å². The Labute approximate surface area is 120 Å². The van der Waals surface area contributed by atoms with Gasteiger partial charge in [-0.2, -0.15) is 0 Å². The van der Waals surface area contributed by atoms with Crippen LogP contribution in [0.1, 0.15) is 43.9 Å². The largest absolute Gasteiger partial charge is 0.370 e. The molecule has 0 aromatic heterocycles. The van der Waals surface area contributed by atoms with Gasteiger partial charge in [0.2, 0.25) is 5.91 Å². The average Bonchev–Trinajstić information content (AvgIpc) is 2.41. The van der Waals surface area contributed by atoms with Crippen LogP contribution in [0.15, 0.2) is 24.3 Å². The topological polar surface area (TPSA) is 64.3 Å². The minimum Gasteiger partial charge on any atom is -0.370 e. The van der Waals surface area contributed by atoms with Crippen LogP contribution in [0.2, 0.25) is 0 Å². The normalized spacial score (nSPS) is 20.4. The fourth-order valence-electron chi connectivity index (χ4n) is 2.90. The zero-order valence-electron chi connectivity index (χ0n) is 12.3. The smallest absolute Gasteiger partial charge is 0.243 e. The van der Waals surface area contributed by atoms with Crippen molar-refractivity contribution in [2.24, 2.45) is 5.73 Å². The molecular formula is C16H24N2O2. The fraction of sp³-hybridized carbons (Fsp3) is 0.562. The van der Waals surface area contributed by atoms with Gasteiger partial charge in [-0.3, -0.25) is 4.79 Å². The lowest BCUT2D eigenvalue weighted by Crippen LogP contribution is -2.34. The number of benzene rings is 1. The number of nitrogens with two attached hydrogens (primary N) is 1. The maximum Gasteiger partial charge on any atom is 0.243 e. The SMILES string of the molecule is CC1(C)CCC(NCCOCC(N)=O)c2ccccc21. The quantitative estimate of drug-likeness (QED) is 0.780. The molecule has 0 aliphatic heterocycles. The average molecular weight is 276 g/mol. The maximum absolute atomic E-state index is 10.6. The van der Waals surface area contributed by atoms with E-state index < -0.39 is 5.91 Å². The number of nitrogens with one attached hydrogen (secondary N) is 1. The van der Waals surface area contributed by atoms with Crippen molar-refractivity contribution in [1.29, 1.82) is 0 Å². The van der Waals surface area contributed by atoms with E-state index >= 15 is 0 Å². The third kappa shape index (κ3) is 3.58. The monoisotopic (exact) mass is 276 g/mol. The molecule has 0 saturated heterocycles. The summed E-state index contributed by atoms with van der Waals surface area (Å²) in [5, 5.41) is 3.51. The summed E-state index contributed by atoms with van der Waals surface area (Å²) in [6.07, 6.45) is 2.30. The van der Waals surface area contributed by atoms with Crippen molar-refractivity contribution < 1.29 is 9.53 Å². The van der Waals surface area contributed by atoms with Gasteiger partial charge >= 0.3 is 0 Å². The number of carbonyl (C=O) groups excluding carboxylic acids is 1. The highest BCUT2D eigenvalue weighted by molar-refractivity contribution is 5.74. The summed E-state index contributed by atoms with van der Waals surface area (Å²) in [5.74, 6) is -0.422. The summed E-state index contributed by atoms with van der Waals surface area (Å²) in [6.45, 7) is 5.84. The van der Waals surface area contributed by atoms with Gasteiger partial charge in [0.25, 0.3) is 0 Å². The number of amides is 1. The van der Waals surface area contributed by atoms with Crippen molar-refractivity contribution in [2.45, 2.75) is 38.1 Å². The second-order valence-corrected chi connectivity index (χ2v) is 6.04. The van der Waals surface area contributed by atoms with Crippen LogP contribution in [0.4, 0.5) is 0 Å². The highest BCUT2D eigenvalue weighted by Crippen LogP contribution is 2.41. The highest BCUT2D eigenvalue weighted by Gasteiger charge is 2.31. The van der Waals surface area contributed by atoms with Gasteiger partial charge in [-0.05, 0) is 29.4 Å². The second kappa shape index (κ2) is 6.37. The molecule has 20 heavy (non-hydrogen) atoms. The van der Waals surface area contributed by atoms with E-state index in [1.54, 1.807) is 0 Å². The number of primary amides is 1. The highest BCUT2D eigenvalue weighted by atomic mass is 16.5. The molecule has 4 heteroatoms. The number of carbonyl (C=O) groups is 1. The maximum atomic E-state index is 10.6. The van der Waals surface area contributed by atoms with Crippen LogP contribution in [0, 0.1) is 0 Å². The number of hydrogen-bond acceptors (Lipinski definition) is 3. The Balaban J connectivity index is 1.92. The van der Waals surface area contributed by atoms with Gasteiger partial charge in [0, 0.05) is 12.6 Å². The van der Waals surface area contributed by atoms with Crippen LogP contribution in [0.3, 0.4) is 0 Å². The van der Waals surface area contributed by atoms with E-state index in [1.807, 2.05) is 0 Å². The van der Waals surface area contributed by atoms with Gasteiger partial charge in [0.15, 0.2) is 0 Å². The summed E-state index contributed by atoms with van der Waals surface area (Å²) in [7, 11) is 0. The lowest BCUT2D eigenvalue weighted by molar-refractivity contribution is -0.122. The Bertz CT molecular complexity index is 471. The van der Waals surface area contributed by atoms with Crippen LogP contribution in [-0.4, -0.2) is 25.7 Å². The molecule has 0 saturated carbocycles. The van der Waals surface area contributed by atoms with Crippen molar-refractivity contribution in [3.8, 4) is 0 Å². The molecule has 4 nitrogen and oxygen atoms in total. The van der Waals surface area contributed by atoms with E-state index in [4.69, 9.17) is 10.5 Å². The van der Waals surface area contributed by atoms with E-state index in [2.05, 4.69) is 43.4 Å². The summed E-state index contributed by atoms with van der Waals surface area (Å²) in [4.78, 5) is 10.6. The van der Waals surface area contributed by atoms with Gasteiger partial charge < -0.3 is 15.8 Å². The van der Waals surface area contributed by atoms with E-state index in [1.165, 1.54) is 17.5 Å². The van der Waals surface area contributed by atoms with E-state index in [9.17, 15) is 4.79 Å². The molecule has 0 spiro atoms. The molecule has 0 fully saturated rings. The van der Waals surface area contributed by atoms with Gasteiger partial charge in [0.1, 0.15) is 6.61 Å². The van der Waals surface area contributed by atoms with Crippen LogP contribution >= 0.6 is 0 Å². The van der Waals surface area contributed by atoms with E-state index in [0.29, 0.717) is 12.6 Å². The molecule has 110 valence electrons. The Hall–Kier alpha value is -1.39. The van der Waals surface area contributed by atoms with Crippen LogP contribution < -0.4 is 11.1 Å². The van der Waals surface area contributed by atoms with Crippen molar-refractivity contribution in [3.05, 3.63) is 35.4 Å². The molecule has 1 aromatic rings. The van der Waals surface area contributed by atoms with Crippen molar-refractivity contribution >= 4 is 5.91 Å². The summed E-state index contributed by atoms with van der Waals surface area (Å²) in [6, 6.07) is 9.01. The van der Waals surface area contributed by atoms with Gasteiger partial charge in [-0.15, -0.1) is 0 Å². The van der Waals surface area contributed by atoms with Crippen LogP contribution in [0.25, 0.3) is 0 Å². The molecule has 1 aliphatic rings. The molecule has 1 aliphatic carbocycles. The van der Waals surface area contributed by atoms with Crippen molar-refractivity contribution in [3.63, 3.8) is 0 Å². The lowest BCUT2D eigenvalue weighted by atomic mass is 9.71. The van der Waals surface area contributed by atoms with Gasteiger partial charge in [-0.1, -0.05) is 38.1 Å². The Morgan fingerprint density at radius 3 is 2.95 bits per heavy atom. The molecule has 1 atom stereocenters. The van der Waals surface area contributed by atoms with Crippen molar-refractivity contribution in [1.82, 2.24) is 5.32 Å². The molecule has 1 unspecified atom stereocenters. The molecule has 0 radical (unpaired) electrons. The first kappa shape index (κ1) is 15.0. The second-order valence-electron chi connectivity index (χ2n) is 6.04. The standard InChI is InChI=1S/C16H24N2O2/c1-16(2)8-7-14(12-5-3-4-6-13(12)16)18-9-10-20-11-15(17)19/h3-6,14,18H,7-11H2,1-2H3,(H2,17,19). The summed E-state index contributed by atoms with van der Waals surface area (Å²) >= 11 is 0.